The van der Waals surface area contributed by atoms with Crippen LogP contribution >= 0.6 is 0 Å². The highest BCUT2D eigenvalue weighted by Gasteiger charge is 2.18. The van der Waals surface area contributed by atoms with Crippen LogP contribution in [0, 0.1) is 0 Å². The van der Waals surface area contributed by atoms with E-state index in [2.05, 4.69) is 25.2 Å². The van der Waals surface area contributed by atoms with Gasteiger partial charge in [-0.05, 0) is 6.07 Å². The highest BCUT2D eigenvalue weighted by atomic mass is 32.2. The van der Waals surface area contributed by atoms with Crippen molar-refractivity contribution in [1.29, 1.82) is 0 Å². The summed E-state index contributed by atoms with van der Waals surface area (Å²) in [5.41, 5.74) is 2.61. The molecular formula is C10H15N7O2S. The van der Waals surface area contributed by atoms with Gasteiger partial charge < -0.3 is 5.43 Å². The van der Waals surface area contributed by atoms with Gasteiger partial charge in [-0.1, -0.05) is 0 Å². The van der Waals surface area contributed by atoms with Crippen molar-refractivity contribution in [1.82, 2.24) is 24.5 Å². The molecule has 0 spiro atoms. The number of hydrazine groups is 1. The summed E-state index contributed by atoms with van der Waals surface area (Å²) in [6.45, 7) is 0.186. The van der Waals surface area contributed by atoms with Gasteiger partial charge in [0.1, 0.15) is 11.2 Å². The van der Waals surface area contributed by atoms with Crippen LogP contribution < -0.4 is 16.0 Å². The van der Waals surface area contributed by atoms with Crippen molar-refractivity contribution in [2.24, 2.45) is 12.9 Å². The number of hydrogen-bond acceptors (Lipinski definition) is 7. The molecule has 0 saturated carbocycles. The molecule has 0 aromatic carbocycles. The monoisotopic (exact) mass is 297 g/mol. The number of anilines is 1. The Labute approximate surface area is 116 Å². The summed E-state index contributed by atoms with van der Waals surface area (Å²) in [6, 6.07) is 1.48. The molecule has 0 atom stereocenters. The van der Waals surface area contributed by atoms with Gasteiger partial charge in [-0.25, -0.2) is 18.1 Å². The van der Waals surface area contributed by atoms with Crippen LogP contribution in [0.1, 0.15) is 5.82 Å². The van der Waals surface area contributed by atoms with Gasteiger partial charge in [-0.2, -0.15) is 5.10 Å². The molecule has 0 bridgehead atoms. The van der Waals surface area contributed by atoms with E-state index in [-0.39, 0.29) is 17.1 Å². The van der Waals surface area contributed by atoms with E-state index in [4.69, 9.17) is 5.84 Å². The average molecular weight is 297 g/mol. The number of pyridine rings is 1. The predicted molar refractivity (Wildman–Crippen MR) is 71.9 cm³/mol. The smallest absolute Gasteiger partial charge is 0.244 e. The number of aryl methyl sites for hydroxylation is 1. The molecule has 0 aliphatic heterocycles. The Morgan fingerprint density at radius 2 is 2.25 bits per heavy atom. The zero-order chi connectivity index (χ0) is 14.6. The molecule has 10 heteroatoms. The maximum absolute atomic E-state index is 12.1. The predicted octanol–water partition coefficient (Wildman–Crippen LogP) is -0.983. The van der Waals surface area contributed by atoms with Crippen LogP contribution in [0.4, 0.5) is 5.69 Å². The number of nitrogens with two attached hydrogens (primary N) is 1. The lowest BCUT2D eigenvalue weighted by molar-refractivity contribution is 0.580. The van der Waals surface area contributed by atoms with Crippen molar-refractivity contribution >= 4 is 15.7 Å². The van der Waals surface area contributed by atoms with Crippen LogP contribution in [-0.4, -0.2) is 34.7 Å². The number of nitrogen functional groups attached to an aromatic ring is 1. The first-order valence-corrected chi connectivity index (χ1v) is 7.26. The minimum absolute atomic E-state index is 0.00326. The Hall–Kier alpha value is -2.04. The van der Waals surface area contributed by atoms with Crippen LogP contribution in [0.5, 0.6) is 0 Å². The minimum Gasteiger partial charge on any atom is -0.323 e. The largest absolute Gasteiger partial charge is 0.323 e. The highest BCUT2D eigenvalue weighted by Crippen LogP contribution is 2.17. The van der Waals surface area contributed by atoms with Gasteiger partial charge in [0.25, 0.3) is 0 Å². The summed E-state index contributed by atoms with van der Waals surface area (Å²) in [5.74, 6) is 5.85. The molecule has 0 fully saturated rings. The first-order chi connectivity index (χ1) is 9.53. The summed E-state index contributed by atoms with van der Waals surface area (Å²) in [5, 5.41) is 4.06. The molecule has 2 rings (SSSR count). The quantitative estimate of drug-likeness (QED) is 0.461. The van der Waals surface area contributed by atoms with Crippen LogP contribution in [-0.2, 0) is 23.5 Å². The number of aromatic nitrogens is 4. The third kappa shape index (κ3) is 3.29. The first-order valence-electron chi connectivity index (χ1n) is 5.78. The molecule has 0 unspecified atom stereocenters. The first kappa shape index (κ1) is 14.4. The Balaban J connectivity index is 2.04. The van der Waals surface area contributed by atoms with Crippen LogP contribution in [0.2, 0.25) is 0 Å². The molecule has 4 N–H and O–H groups in total. The number of nitrogens with zero attached hydrogens (tertiary/aromatic N) is 4. The van der Waals surface area contributed by atoms with Crippen LogP contribution in [0.3, 0.4) is 0 Å². The van der Waals surface area contributed by atoms with Crippen LogP contribution in [0.25, 0.3) is 0 Å². The Kier molecular flexibility index (Phi) is 4.27. The molecule has 0 radical (unpaired) electrons. The third-order valence-corrected chi connectivity index (χ3v) is 4.01. The van der Waals surface area contributed by atoms with Gasteiger partial charge in [0, 0.05) is 32.4 Å². The zero-order valence-corrected chi connectivity index (χ0v) is 11.6. The summed E-state index contributed by atoms with van der Waals surface area (Å²) in [6.07, 6.45) is 4.63. The number of nitrogens with one attached hydrogen (secondary N) is 2. The fraction of sp³-hybridized carbons (Fsp3) is 0.300. The normalized spacial score (nSPS) is 11.5. The van der Waals surface area contributed by atoms with Crippen LogP contribution in [0.15, 0.2) is 29.7 Å². The molecule has 20 heavy (non-hydrogen) atoms. The second-order valence-corrected chi connectivity index (χ2v) is 5.73. The van der Waals surface area contributed by atoms with E-state index in [1.807, 2.05) is 0 Å². The zero-order valence-electron chi connectivity index (χ0n) is 10.8. The SMILES string of the molecule is Cn1cnc(CCNS(=O)(=O)c2cnccc2NN)n1. The molecule has 2 heterocycles. The minimum atomic E-state index is -3.68. The summed E-state index contributed by atoms with van der Waals surface area (Å²) in [4.78, 5) is 7.80. The number of rotatable bonds is 6. The number of sulfonamides is 1. The maximum Gasteiger partial charge on any atom is 0.244 e. The fourth-order valence-electron chi connectivity index (χ4n) is 1.59. The Bertz CT molecular complexity index is 682. The van der Waals surface area contributed by atoms with Gasteiger partial charge in [0.15, 0.2) is 5.82 Å². The van der Waals surface area contributed by atoms with E-state index in [0.717, 1.165) is 0 Å². The van der Waals surface area contributed by atoms with Crippen molar-refractivity contribution in [2.75, 3.05) is 12.0 Å². The van der Waals surface area contributed by atoms with Crippen molar-refractivity contribution in [3.05, 3.63) is 30.6 Å². The molecule has 2 aromatic heterocycles. The second-order valence-electron chi connectivity index (χ2n) is 4.00. The standard InChI is InChI=1S/C10H15N7O2S/c1-17-7-13-10(16-17)3-5-14-20(18,19)9-6-12-4-2-8(9)15-11/h2,4,6-7,14H,3,5,11H2,1H3,(H,12,15). The topological polar surface area (TPSA) is 128 Å². The molecule has 9 nitrogen and oxygen atoms in total. The van der Waals surface area contributed by atoms with Crippen molar-refractivity contribution in [2.45, 2.75) is 11.3 Å². The molecule has 0 aliphatic rings. The molecular weight excluding hydrogens is 282 g/mol. The molecule has 0 amide bonds. The van der Waals surface area contributed by atoms with E-state index < -0.39 is 10.0 Å². The van der Waals surface area contributed by atoms with Gasteiger partial charge in [0.05, 0.1) is 5.69 Å². The van der Waals surface area contributed by atoms with E-state index in [1.54, 1.807) is 18.1 Å². The molecule has 2 aromatic rings. The van der Waals surface area contributed by atoms with Gasteiger partial charge in [0.2, 0.25) is 10.0 Å². The van der Waals surface area contributed by atoms with Crippen molar-refractivity contribution in [3.63, 3.8) is 0 Å². The van der Waals surface area contributed by atoms with E-state index in [1.165, 1.54) is 18.5 Å². The summed E-state index contributed by atoms with van der Waals surface area (Å²) in [7, 11) is -1.94. The van der Waals surface area contributed by atoms with Gasteiger partial charge >= 0.3 is 0 Å². The average Bonchev–Trinajstić information content (AvgIpc) is 2.84. The molecule has 108 valence electrons. The summed E-state index contributed by atoms with van der Waals surface area (Å²) >= 11 is 0. The third-order valence-electron chi connectivity index (χ3n) is 2.52. The van der Waals surface area contributed by atoms with E-state index >= 15 is 0 Å². The lowest BCUT2D eigenvalue weighted by atomic mass is 10.4. The van der Waals surface area contributed by atoms with Gasteiger partial charge in [-0.3, -0.25) is 15.5 Å². The lowest BCUT2D eigenvalue weighted by Crippen LogP contribution is -2.27. The second kappa shape index (κ2) is 5.94. The highest BCUT2D eigenvalue weighted by molar-refractivity contribution is 7.89. The molecule has 0 aliphatic carbocycles. The number of hydrogen-bond donors (Lipinski definition) is 3. The fourth-order valence-corrected chi connectivity index (χ4v) is 2.73. The summed E-state index contributed by atoms with van der Waals surface area (Å²) < 4.78 is 28.2. The maximum atomic E-state index is 12.1. The van der Waals surface area contributed by atoms with E-state index in [9.17, 15) is 8.42 Å². The van der Waals surface area contributed by atoms with Crippen molar-refractivity contribution < 1.29 is 8.42 Å². The Morgan fingerprint density at radius 1 is 1.45 bits per heavy atom. The molecule has 0 saturated heterocycles. The lowest BCUT2D eigenvalue weighted by Gasteiger charge is -2.09. The van der Waals surface area contributed by atoms with E-state index in [0.29, 0.717) is 12.2 Å². The van der Waals surface area contributed by atoms with Crippen molar-refractivity contribution in [3.8, 4) is 0 Å². The Morgan fingerprint density at radius 3 is 2.90 bits per heavy atom. The van der Waals surface area contributed by atoms with Gasteiger partial charge in [-0.15, -0.1) is 0 Å².